The number of carbonyl (C=O) groups is 1. The Morgan fingerprint density at radius 2 is 1.86 bits per heavy atom. The largest absolute Gasteiger partial charge is 0.475 e. The van der Waals surface area contributed by atoms with E-state index < -0.39 is 33.2 Å². The summed E-state index contributed by atoms with van der Waals surface area (Å²) in [6, 6.07) is 7.16. The summed E-state index contributed by atoms with van der Waals surface area (Å²) < 4.78 is 50.1. The molecule has 0 radical (unpaired) electrons. The van der Waals surface area contributed by atoms with Gasteiger partial charge in [0, 0.05) is 18.6 Å². The molecule has 0 bridgehead atoms. The number of hydrogen-bond donors (Lipinski definition) is 1. The smallest absolute Gasteiger partial charge is 0.416 e. The number of carbonyl (C=O) groups excluding carboxylic acids is 1. The third-order valence-electron chi connectivity index (χ3n) is 4.45. The first-order valence-corrected chi connectivity index (χ1v) is 9.66. The minimum atomic E-state index is -4.61. The predicted octanol–water partition coefficient (Wildman–Crippen LogP) is 4.55. The molecule has 15 heteroatoms. The van der Waals surface area contributed by atoms with E-state index in [4.69, 9.17) is 9.47 Å². The zero-order valence-corrected chi connectivity index (χ0v) is 17.8. The summed E-state index contributed by atoms with van der Waals surface area (Å²) in [5, 5.41) is 28.5. The summed E-state index contributed by atoms with van der Waals surface area (Å²) in [5.74, 6) is -1.24. The Balaban J connectivity index is 1.74. The van der Waals surface area contributed by atoms with Gasteiger partial charge in [-0.1, -0.05) is 6.07 Å². The number of amides is 1. The lowest BCUT2D eigenvalue weighted by Gasteiger charge is -2.11. The summed E-state index contributed by atoms with van der Waals surface area (Å²) in [6.45, 7) is -0.0709. The lowest BCUT2D eigenvalue weighted by Crippen LogP contribution is -2.15. The van der Waals surface area contributed by atoms with Crippen LogP contribution in [-0.4, -0.2) is 32.6 Å². The van der Waals surface area contributed by atoms with Crippen LogP contribution in [-0.2, 0) is 17.5 Å². The topological polar surface area (TPSA) is 152 Å². The van der Waals surface area contributed by atoms with Crippen molar-refractivity contribution >= 4 is 23.0 Å². The van der Waals surface area contributed by atoms with Gasteiger partial charge in [-0.2, -0.15) is 13.2 Å². The minimum Gasteiger partial charge on any atom is -0.475 e. The Labute approximate surface area is 194 Å². The number of alkyl halides is 3. The van der Waals surface area contributed by atoms with Crippen LogP contribution >= 0.6 is 0 Å². The van der Waals surface area contributed by atoms with E-state index in [2.05, 4.69) is 10.4 Å². The fourth-order valence-electron chi connectivity index (χ4n) is 2.91. The van der Waals surface area contributed by atoms with E-state index in [0.29, 0.717) is 0 Å². The number of methoxy groups -OCH3 is 1. The number of benzene rings is 2. The molecule has 0 fully saturated rings. The molecule has 12 nitrogen and oxygen atoms in total. The van der Waals surface area contributed by atoms with Gasteiger partial charge >= 0.3 is 17.7 Å². The van der Waals surface area contributed by atoms with Crippen molar-refractivity contribution in [2.24, 2.45) is 0 Å². The predicted molar refractivity (Wildman–Crippen MR) is 113 cm³/mol. The molecule has 2 aromatic carbocycles. The number of aromatic nitrogens is 2. The number of nitrogens with one attached hydrogen (secondary N) is 1. The highest BCUT2D eigenvalue weighted by Crippen LogP contribution is 2.34. The van der Waals surface area contributed by atoms with Gasteiger partial charge < -0.3 is 14.8 Å². The molecule has 3 rings (SSSR count). The molecule has 0 aliphatic rings. The maximum atomic E-state index is 12.9. The van der Waals surface area contributed by atoms with Crippen LogP contribution in [0.3, 0.4) is 0 Å². The second kappa shape index (κ2) is 10.1. The van der Waals surface area contributed by atoms with Crippen molar-refractivity contribution in [3.8, 4) is 17.4 Å². The number of non-ortho nitro benzene ring substituents is 1. The number of nitro groups is 2. The van der Waals surface area contributed by atoms with Gasteiger partial charge in [0.1, 0.15) is 17.7 Å². The molecule has 0 atom stereocenters. The van der Waals surface area contributed by atoms with Crippen LogP contribution in [0.15, 0.2) is 48.7 Å². The van der Waals surface area contributed by atoms with Crippen LogP contribution in [0.4, 0.5) is 30.2 Å². The first-order chi connectivity index (χ1) is 16.5. The van der Waals surface area contributed by atoms with E-state index in [1.807, 2.05) is 0 Å². The van der Waals surface area contributed by atoms with Crippen LogP contribution in [0.25, 0.3) is 0 Å². The van der Waals surface area contributed by atoms with Crippen molar-refractivity contribution in [3.05, 3.63) is 74.5 Å². The Kier molecular flexibility index (Phi) is 7.17. The standard InChI is InChI=1S/C20H16F3N5O7/c1-34-19-17(28(32)33)11-26(25-19)6-5-18(29)24-13-8-14(27(30)31)10-16(9-13)35-15-4-2-3-12(7-15)20(21,22)23/h2-4,7-11H,5-6H2,1H3,(H,24,29). The fourth-order valence-corrected chi connectivity index (χ4v) is 2.91. The lowest BCUT2D eigenvalue weighted by molar-refractivity contribution is -0.385. The molecule has 0 aliphatic heterocycles. The number of rotatable bonds is 9. The van der Waals surface area contributed by atoms with Crippen molar-refractivity contribution in [2.75, 3.05) is 12.4 Å². The maximum absolute atomic E-state index is 12.9. The van der Waals surface area contributed by atoms with Gasteiger partial charge in [0.05, 0.1) is 40.8 Å². The molecule has 3 aromatic rings. The van der Waals surface area contributed by atoms with Crippen LogP contribution in [0.5, 0.6) is 17.4 Å². The van der Waals surface area contributed by atoms with Gasteiger partial charge in [0.25, 0.3) is 5.69 Å². The van der Waals surface area contributed by atoms with Crippen molar-refractivity contribution in [2.45, 2.75) is 19.1 Å². The van der Waals surface area contributed by atoms with Crippen LogP contribution < -0.4 is 14.8 Å². The molecule has 1 aromatic heterocycles. The van der Waals surface area contributed by atoms with E-state index in [0.717, 1.165) is 41.2 Å². The number of ether oxygens (including phenoxy) is 2. The number of nitro benzene ring substituents is 1. The lowest BCUT2D eigenvalue weighted by atomic mass is 10.2. The van der Waals surface area contributed by atoms with Crippen LogP contribution in [0.2, 0.25) is 0 Å². The maximum Gasteiger partial charge on any atom is 0.416 e. The van der Waals surface area contributed by atoms with Crippen molar-refractivity contribution < 1.29 is 37.3 Å². The summed E-state index contributed by atoms with van der Waals surface area (Å²) in [6.07, 6.45) is -3.74. The molecule has 0 unspecified atom stereocenters. The van der Waals surface area contributed by atoms with Gasteiger partial charge in [-0.25, -0.2) is 0 Å². The number of aryl methyl sites for hydroxylation is 1. The summed E-state index contributed by atoms with van der Waals surface area (Å²) in [4.78, 5) is 33.1. The average Bonchev–Trinajstić information content (AvgIpc) is 3.21. The van der Waals surface area contributed by atoms with E-state index in [1.54, 1.807) is 0 Å². The van der Waals surface area contributed by atoms with E-state index in [9.17, 15) is 38.2 Å². The molecular weight excluding hydrogens is 479 g/mol. The third-order valence-corrected chi connectivity index (χ3v) is 4.45. The first-order valence-electron chi connectivity index (χ1n) is 9.66. The van der Waals surface area contributed by atoms with Gasteiger partial charge in [-0.3, -0.25) is 29.7 Å². The molecule has 0 saturated carbocycles. The molecule has 35 heavy (non-hydrogen) atoms. The highest BCUT2D eigenvalue weighted by Gasteiger charge is 2.30. The van der Waals surface area contributed by atoms with Gasteiger partial charge in [-0.05, 0) is 18.2 Å². The SMILES string of the molecule is COc1nn(CCC(=O)Nc2cc(Oc3cccc(C(F)(F)F)c3)cc([N+](=O)[O-])c2)cc1[N+](=O)[O-]. The summed E-state index contributed by atoms with van der Waals surface area (Å²) in [5.41, 5.74) is -1.88. The molecular formula is C20H16F3N5O7. The molecule has 1 heterocycles. The van der Waals surface area contributed by atoms with Crippen molar-refractivity contribution in [1.29, 1.82) is 0 Å². The highest BCUT2D eigenvalue weighted by atomic mass is 19.4. The molecule has 1 N–H and O–H groups in total. The third kappa shape index (κ3) is 6.43. The zero-order chi connectivity index (χ0) is 25.8. The van der Waals surface area contributed by atoms with Crippen LogP contribution in [0.1, 0.15) is 12.0 Å². The Hall–Kier alpha value is -4.69. The molecule has 0 aliphatic carbocycles. The van der Waals surface area contributed by atoms with E-state index >= 15 is 0 Å². The Bertz CT molecular complexity index is 1280. The quantitative estimate of drug-likeness (QED) is 0.335. The van der Waals surface area contributed by atoms with Gasteiger partial charge in [-0.15, -0.1) is 5.10 Å². The second-order valence-corrected chi connectivity index (χ2v) is 6.94. The van der Waals surface area contributed by atoms with Crippen molar-refractivity contribution in [3.63, 3.8) is 0 Å². The number of halogens is 3. The van der Waals surface area contributed by atoms with Gasteiger partial charge in [0.2, 0.25) is 5.91 Å². The van der Waals surface area contributed by atoms with E-state index in [1.165, 1.54) is 19.2 Å². The monoisotopic (exact) mass is 495 g/mol. The summed E-state index contributed by atoms with van der Waals surface area (Å²) in [7, 11) is 1.20. The number of anilines is 1. The Morgan fingerprint density at radius 1 is 1.11 bits per heavy atom. The van der Waals surface area contributed by atoms with Crippen molar-refractivity contribution in [1.82, 2.24) is 9.78 Å². The molecule has 1 amide bonds. The van der Waals surface area contributed by atoms with E-state index in [-0.39, 0.29) is 41.7 Å². The molecule has 184 valence electrons. The highest BCUT2D eigenvalue weighted by molar-refractivity contribution is 5.91. The van der Waals surface area contributed by atoms with Gasteiger partial charge in [0.15, 0.2) is 0 Å². The fraction of sp³-hybridized carbons (Fsp3) is 0.200. The van der Waals surface area contributed by atoms with Crippen LogP contribution in [0, 0.1) is 20.2 Å². The minimum absolute atomic E-state index is 0.0461. The average molecular weight is 495 g/mol. The molecule has 0 spiro atoms. The Morgan fingerprint density at radius 3 is 2.46 bits per heavy atom. The number of nitrogens with zero attached hydrogens (tertiary/aromatic N) is 4. The second-order valence-electron chi connectivity index (χ2n) is 6.94. The zero-order valence-electron chi connectivity index (χ0n) is 17.8. The first kappa shape index (κ1) is 24.9. The normalized spacial score (nSPS) is 11.1. The number of hydrogen-bond acceptors (Lipinski definition) is 8. The summed E-state index contributed by atoms with van der Waals surface area (Å²) >= 11 is 0. The molecule has 0 saturated heterocycles.